The highest BCUT2D eigenvalue weighted by atomic mass is 19.1. The van der Waals surface area contributed by atoms with Gasteiger partial charge in [0.05, 0.1) is 6.10 Å². The van der Waals surface area contributed by atoms with Gasteiger partial charge < -0.3 is 10.1 Å². The van der Waals surface area contributed by atoms with Crippen LogP contribution >= 0.6 is 0 Å². The van der Waals surface area contributed by atoms with E-state index in [1.807, 2.05) is 13.0 Å². The van der Waals surface area contributed by atoms with E-state index in [1.54, 1.807) is 26.2 Å². The summed E-state index contributed by atoms with van der Waals surface area (Å²) in [7, 11) is 1.68. The van der Waals surface area contributed by atoms with E-state index in [0.29, 0.717) is 12.1 Å². The van der Waals surface area contributed by atoms with Crippen LogP contribution in [-0.4, -0.2) is 19.8 Å². The summed E-state index contributed by atoms with van der Waals surface area (Å²) in [6, 6.07) is 5.30. The van der Waals surface area contributed by atoms with Crippen molar-refractivity contribution in [3.8, 4) is 0 Å². The molecule has 1 N–H and O–H groups in total. The largest absolute Gasteiger partial charge is 0.380 e. The summed E-state index contributed by atoms with van der Waals surface area (Å²) < 4.78 is 18.3. The van der Waals surface area contributed by atoms with Gasteiger partial charge in [-0.2, -0.15) is 0 Å². The van der Waals surface area contributed by atoms with Crippen LogP contribution in [0.5, 0.6) is 0 Å². The van der Waals surface area contributed by atoms with Crippen molar-refractivity contribution >= 4 is 0 Å². The summed E-state index contributed by atoms with van der Waals surface area (Å²) in [4.78, 5) is 0. The normalized spacial score (nSPS) is 12.8. The van der Waals surface area contributed by atoms with Crippen molar-refractivity contribution in [2.75, 3.05) is 13.7 Å². The van der Waals surface area contributed by atoms with Gasteiger partial charge in [-0.25, -0.2) is 4.39 Å². The molecule has 1 atom stereocenters. The monoisotopic (exact) mass is 211 g/mol. The summed E-state index contributed by atoms with van der Waals surface area (Å²) in [6.07, 6.45) is 0.181. The Kier molecular flexibility index (Phi) is 4.72. The van der Waals surface area contributed by atoms with Gasteiger partial charge in [-0.15, -0.1) is 0 Å². The van der Waals surface area contributed by atoms with Crippen LogP contribution in [-0.2, 0) is 11.3 Å². The number of benzene rings is 1. The van der Waals surface area contributed by atoms with Crippen molar-refractivity contribution in [1.29, 1.82) is 0 Å². The first-order valence-electron chi connectivity index (χ1n) is 5.12. The second-order valence-corrected chi connectivity index (χ2v) is 3.76. The van der Waals surface area contributed by atoms with E-state index < -0.39 is 0 Å². The Morgan fingerprint density at radius 3 is 2.80 bits per heavy atom. The molecule has 0 fully saturated rings. The van der Waals surface area contributed by atoms with Crippen LogP contribution < -0.4 is 5.32 Å². The van der Waals surface area contributed by atoms with E-state index in [1.165, 1.54) is 0 Å². The molecule has 0 saturated carbocycles. The second kappa shape index (κ2) is 5.83. The number of ether oxygens (including phenoxy) is 1. The molecule has 0 radical (unpaired) electrons. The molecule has 0 aliphatic rings. The van der Waals surface area contributed by atoms with Crippen molar-refractivity contribution in [3.05, 3.63) is 35.1 Å². The van der Waals surface area contributed by atoms with Crippen LogP contribution in [0.1, 0.15) is 18.1 Å². The van der Waals surface area contributed by atoms with Gasteiger partial charge in [0, 0.05) is 20.2 Å². The Morgan fingerprint density at radius 1 is 1.47 bits per heavy atom. The van der Waals surface area contributed by atoms with Crippen LogP contribution in [0.25, 0.3) is 0 Å². The molecule has 1 aromatic carbocycles. The lowest BCUT2D eigenvalue weighted by molar-refractivity contribution is 0.117. The molecular formula is C12H18FNO. The highest BCUT2D eigenvalue weighted by molar-refractivity contribution is 5.23. The van der Waals surface area contributed by atoms with E-state index in [2.05, 4.69) is 5.32 Å². The molecule has 0 spiro atoms. The Labute approximate surface area is 90.4 Å². The molecule has 0 heterocycles. The first kappa shape index (κ1) is 12.1. The molecule has 0 aromatic heterocycles. The molecule has 1 rings (SSSR count). The maximum Gasteiger partial charge on any atom is 0.126 e. The molecule has 84 valence electrons. The van der Waals surface area contributed by atoms with Gasteiger partial charge in [0.1, 0.15) is 5.82 Å². The lowest BCUT2D eigenvalue weighted by Gasteiger charge is -2.10. The zero-order chi connectivity index (χ0) is 11.3. The SMILES string of the molecule is COC(C)CNCc1ccc(C)c(F)c1. The highest BCUT2D eigenvalue weighted by Crippen LogP contribution is 2.08. The molecule has 0 aliphatic heterocycles. The molecule has 15 heavy (non-hydrogen) atoms. The number of halogens is 1. The van der Waals surface area contributed by atoms with E-state index in [4.69, 9.17) is 4.74 Å². The minimum absolute atomic E-state index is 0.144. The van der Waals surface area contributed by atoms with Gasteiger partial charge >= 0.3 is 0 Å². The summed E-state index contributed by atoms with van der Waals surface area (Å²) in [5.74, 6) is -0.144. The van der Waals surface area contributed by atoms with Crippen LogP contribution in [0.4, 0.5) is 4.39 Å². The molecule has 0 saturated heterocycles. The third kappa shape index (κ3) is 3.98. The Balaban J connectivity index is 2.41. The standard InChI is InChI=1S/C12H18FNO/c1-9-4-5-11(6-12(9)13)8-14-7-10(2)15-3/h4-6,10,14H,7-8H2,1-3H3. The maximum absolute atomic E-state index is 13.2. The van der Waals surface area contributed by atoms with Gasteiger partial charge in [0.2, 0.25) is 0 Å². The second-order valence-electron chi connectivity index (χ2n) is 3.76. The van der Waals surface area contributed by atoms with Crippen molar-refractivity contribution in [3.63, 3.8) is 0 Å². The first-order valence-corrected chi connectivity index (χ1v) is 5.12. The molecule has 1 aromatic rings. The van der Waals surface area contributed by atoms with Gasteiger partial charge in [0.25, 0.3) is 0 Å². The van der Waals surface area contributed by atoms with E-state index in [0.717, 1.165) is 12.1 Å². The lowest BCUT2D eigenvalue weighted by atomic mass is 10.1. The Morgan fingerprint density at radius 2 is 2.20 bits per heavy atom. The minimum atomic E-state index is -0.144. The van der Waals surface area contributed by atoms with Gasteiger partial charge in [-0.3, -0.25) is 0 Å². The number of rotatable bonds is 5. The Bertz CT molecular complexity index is 314. The average molecular weight is 211 g/mol. The molecule has 2 nitrogen and oxygen atoms in total. The maximum atomic E-state index is 13.2. The van der Waals surface area contributed by atoms with Crippen molar-refractivity contribution in [2.24, 2.45) is 0 Å². The predicted molar refractivity (Wildman–Crippen MR) is 59.3 cm³/mol. The fourth-order valence-corrected chi connectivity index (χ4v) is 1.25. The molecule has 0 amide bonds. The van der Waals surface area contributed by atoms with Crippen molar-refractivity contribution in [2.45, 2.75) is 26.5 Å². The number of methoxy groups -OCH3 is 1. The number of hydrogen-bond donors (Lipinski definition) is 1. The Hall–Kier alpha value is -0.930. The van der Waals surface area contributed by atoms with Crippen LogP contribution in [0.15, 0.2) is 18.2 Å². The van der Waals surface area contributed by atoms with Gasteiger partial charge in [-0.05, 0) is 31.0 Å². The number of nitrogens with one attached hydrogen (secondary N) is 1. The number of hydrogen-bond acceptors (Lipinski definition) is 2. The summed E-state index contributed by atoms with van der Waals surface area (Å²) in [5.41, 5.74) is 1.64. The molecule has 1 unspecified atom stereocenters. The van der Waals surface area contributed by atoms with Crippen LogP contribution in [0.3, 0.4) is 0 Å². The number of aryl methyl sites for hydroxylation is 1. The zero-order valence-corrected chi connectivity index (χ0v) is 9.51. The topological polar surface area (TPSA) is 21.3 Å². The van der Waals surface area contributed by atoms with Crippen LogP contribution in [0.2, 0.25) is 0 Å². The van der Waals surface area contributed by atoms with Crippen molar-refractivity contribution < 1.29 is 9.13 Å². The minimum Gasteiger partial charge on any atom is -0.380 e. The molecule has 0 aliphatic carbocycles. The zero-order valence-electron chi connectivity index (χ0n) is 9.51. The third-order valence-electron chi connectivity index (χ3n) is 2.40. The summed E-state index contributed by atoms with van der Waals surface area (Å²) in [5, 5.41) is 3.21. The van der Waals surface area contributed by atoms with E-state index >= 15 is 0 Å². The highest BCUT2D eigenvalue weighted by Gasteiger charge is 2.01. The van der Waals surface area contributed by atoms with E-state index in [9.17, 15) is 4.39 Å². The van der Waals surface area contributed by atoms with E-state index in [-0.39, 0.29) is 11.9 Å². The third-order valence-corrected chi connectivity index (χ3v) is 2.40. The fraction of sp³-hybridized carbons (Fsp3) is 0.500. The predicted octanol–water partition coefficient (Wildman–Crippen LogP) is 2.26. The van der Waals surface area contributed by atoms with Crippen LogP contribution in [0, 0.1) is 12.7 Å². The lowest BCUT2D eigenvalue weighted by Crippen LogP contribution is -2.25. The average Bonchev–Trinajstić information content (AvgIpc) is 2.23. The molecular weight excluding hydrogens is 193 g/mol. The molecule has 3 heteroatoms. The smallest absolute Gasteiger partial charge is 0.126 e. The van der Waals surface area contributed by atoms with Gasteiger partial charge in [0.15, 0.2) is 0 Å². The quantitative estimate of drug-likeness (QED) is 0.806. The summed E-state index contributed by atoms with van der Waals surface area (Å²) in [6.45, 7) is 5.19. The first-order chi connectivity index (χ1) is 7.13. The fourth-order valence-electron chi connectivity index (χ4n) is 1.25. The van der Waals surface area contributed by atoms with Gasteiger partial charge in [-0.1, -0.05) is 12.1 Å². The summed E-state index contributed by atoms with van der Waals surface area (Å²) >= 11 is 0. The van der Waals surface area contributed by atoms with Crippen molar-refractivity contribution in [1.82, 2.24) is 5.32 Å². The molecule has 0 bridgehead atoms.